The highest BCUT2D eigenvalue weighted by atomic mass is 32.1. The average molecular weight is 398 g/mol. The van der Waals surface area contributed by atoms with Crippen molar-refractivity contribution in [2.45, 2.75) is 13.3 Å². The SMILES string of the molecule is Cc1ccc(Cc2c(C(=O)Nc3ccc4cn[nH]c4c3)sc3ccccc23)cc1. The van der Waals surface area contributed by atoms with Crippen LogP contribution in [0.2, 0.25) is 0 Å². The van der Waals surface area contributed by atoms with E-state index in [0.717, 1.165) is 43.5 Å². The van der Waals surface area contributed by atoms with Crippen molar-refractivity contribution < 1.29 is 4.79 Å². The molecular formula is C24H19N3OS. The van der Waals surface area contributed by atoms with Gasteiger partial charge in [0.1, 0.15) is 0 Å². The number of H-pyrrole nitrogens is 1. The van der Waals surface area contributed by atoms with Gasteiger partial charge in [-0.15, -0.1) is 11.3 Å². The molecule has 0 spiro atoms. The lowest BCUT2D eigenvalue weighted by Crippen LogP contribution is -2.12. The summed E-state index contributed by atoms with van der Waals surface area (Å²) in [6, 6.07) is 22.5. The van der Waals surface area contributed by atoms with Crippen LogP contribution in [-0.4, -0.2) is 16.1 Å². The molecule has 142 valence electrons. The number of nitrogens with one attached hydrogen (secondary N) is 2. The number of aromatic nitrogens is 2. The molecule has 3 aromatic carbocycles. The van der Waals surface area contributed by atoms with Gasteiger partial charge in [0.25, 0.3) is 5.91 Å². The van der Waals surface area contributed by atoms with Crippen molar-refractivity contribution in [3.05, 3.63) is 94.5 Å². The van der Waals surface area contributed by atoms with Gasteiger partial charge in [0.2, 0.25) is 0 Å². The molecule has 0 radical (unpaired) electrons. The molecule has 5 rings (SSSR count). The minimum absolute atomic E-state index is 0.0767. The third-order valence-corrected chi connectivity index (χ3v) is 6.32. The molecule has 0 saturated carbocycles. The number of hydrogen-bond donors (Lipinski definition) is 2. The van der Waals surface area contributed by atoms with E-state index >= 15 is 0 Å². The molecule has 0 unspecified atom stereocenters. The Hall–Kier alpha value is -3.44. The lowest BCUT2D eigenvalue weighted by Gasteiger charge is -2.08. The van der Waals surface area contributed by atoms with Crippen molar-refractivity contribution in [1.82, 2.24) is 10.2 Å². The Morgan fingerprint density at radius 3 is 2.76 bits per heavy atom. The zero-order chi connectivity index (χ0) is 19.8. The first-order chi connectivity index (χ1) is 14.2. The molecule has 0 atom stereocenters. The Morgan fingerprint density at radius 1 is 1.07 bits per heavy atom. The smallest absolute Gasteiger partial charge is 0.266 e. The first-order valence-corrected chi connectivity index (χ1v) is 10.3. The highest BCUT2D eigenvalue weighted by molar-refractivity contribution is 7.21. The molecule has 29 heavy (non-hydrogen) atoms. The average Bonchev–Trinajstić information content (AvgIpc) is 3.34. The molecule has 0 aliphatic carbocycles. The van der Waals surface area contributed by atoms with E-state index in [4.69, 9.17) is 0 Å². The number of carbonyl (C=O) groups is 1. The Balaban J connectivity index is 1.52. The first kappa shape index (κ1) is 17.6. The molecule has 1 amide bonds. The fourth-order valence-corrected chi connectivity index (χ4v) is 4.69. The van der Waals surface area contributed by atoms with E-state index in [2.05, 4.69) is 58.8 Å². The highest BCUT2D eigenvalue weighted by Crippen LogP contribution is 2.33. The van der Waals surface area contributed by atoms with Crippen molar-refractivity contribution >= 4 is 43.9 Å². The van der Waals surface area contributed by atoms with E-state index in [1.54, 1.807) is 17.5 Å². The summed E-state index contributed by atoms with van der Waals surface area (Å²) in [7, 11) is 0. The molecule has 4 nitrogen and oxygen atoms in total. The van der Waals surface area contributed by atoms with E-state index in [0.29, 0.717) is 0 Å². The largest absolute Gasteiger partial charge is 0.321 e. The first-order valence-electron chi connectivity index (χ1n) is 9.48. The zero-order valence-electron chi connectivity index (χ0n) is 15.9. The summed E-state index contributed by atoms with van der Waals surface area (Å²) in [5, 5.41) is 12.2. The van der Waals surface area contributed by atoms with Crippen molar-refractivity contribution in [1.29, 1.82) is 0 Å². The lowest BCUT2D eigenvalue weighted by atomic mass is 10.0. The highest BCUT2D eigenvalue weighted by Gasteiger charge is 2.19. The monoisotopic (exact) mass is 397 g/mol. The summed E-state index contributed by atoms with van der Waals surface area (Å²) in [6.45, 7) is 2.08. The van der Waals surface area contributed by atoms with Crippen LogP contribution in [0, 0.1) is 6.92 Å². The standard InChI is InChI=1S/C24H19N3OS/c1-15-6-8-16(9-7-15)12-20-19-4-2-3-5-22(19)29-23(20)24(28)26-18-11-10-17-14-25-27-21(17)13-18/h2-11,13-14H,12H2,1H3,(H,25,27)(H,26,28). The Morgan fingerprint density at radius 2 is 1.90 bits per heavy atom. The molecule has 0 aliphatic heterocycles. The van der Waals surface area contributed by atoms with Crippen molar-refractivity contribution in [3.63, 3.8) is 0 Å². The maximum Gasteiger partial charge on any atom is 0.266 e. The van der Waals surface area contributed by atoms with E-state index in [9.17, 15) is 4.79 Å². The summed E-state index contributed by atoms with van der Waals surface area (Å²) >= 11 is 1.55. The van der Waals surface area contributed by atoms with Gasteiger partial charge in [0.15, 0.2) is 0 Å². The normalized spacial score (nSPS) is 11.2. The quantitative estimate of drug-likeness (QED) is 0.395. The number of aryl methyl sites for hydroxylation is 1. The molecular weight excluding hydrogens is 378 g/mol. The molecule has 2 N–H and O–H groups in total. The summed E-state index contributed by atoms with van der Waals surface area (Å²) in [6.07, 6.45) is 2.50. The van der Waals surface area contributed by atoms with Crippen LogP contribution in [0.5, 0.6) is 0 Å². The van der Waals surface area contributed by atoms with Crippen LogP contribution in [0.25, 0.3) is 21.0 Å². The van der Waals surface area contributed by atoms with Crippen molar-refractivity contribution in [2.75, 3.05) is 5.32 Å². The van der Waals surface area contributed by atoms with Crippen LogP contribution < -0.4 is 5.32 Å². The van der Waals surface area contributed by atoms with Crippen LogP contribution in [0.15, 0.2) is 72.9 Å². The summed E-state index contributed by atoms with van der Waals surface area (Å²) in [5.41, 5.74) is 5.17. The number of rotatable bonds is 4. The van der Waals surface area contributed by atoms with Gasteiger partial charge in [-0.1, -0.05) is 48.0 Å². The predicted molar refractivity (Wildman–Crippen MR) is 120 cm³/mol. The molecule has 5 aromatic rings. The van der Waals surface area contributed by atoms with Gasteiger partial charge < -0.3 is 5.32 Å². The number of thiophene rings is 1. The number of nitrogens with zero attached hydrogens (tertiary/aromatic N) is 1. The number of carbonyl (C=O) groups excluding carboxylic acids is 1. The fraction of sp³-hybridized carbons (Fsp3) is 0.0833. The van der Waals surface area contributed by atoms with Gasteiger partial charge >= 0.3 is 0 Å². The molecule has 2 aromatic heterocycles. The number of fused-ring (bicyclic) bond motifs is 2. The Kier molecular flexibility index (Phi) is 4.37. The van der Waals surface area contributed by atoms with Gasteiger partial charge in [0.05, 0.1) is 16.6 Å². The third kappa shape index (κ3) is 3.41. The maximum absolute atomic E-state index is 13.2. The fourth-order valence-electron chi connectivity index (χ4n) is 3.57. The second-order valence-electron chi connectivity index (χ2n) is 7.19. The molecule has 2 heterocycles. The number of benzene rings is 3. The van der Waals surface area contributed by atoms with Crippen molar-refractivity contribution in [3.8, 4) is 0 Å². The molecule has 0 aliphatic rings. The summed E-state index contributed by atoms with van der Waals surface area (Å²) < 4.78 is 1.13. The third-order valence-electron chi connectivity index (χ3n) is 5.11. The second-order valence-corrected chi connectivity index (χ2v) is 8.25. The lowest BCUT2D eigenvalue weighted by molar-refractivity contribution is 0.103. The van der Waals surface area contributed by atoms with E-state index in [-0.39, 0.29) is 5.91 Å². The minimum atomic E-state index is -0.0767. The van der Waals surface area contributed by atoms with Crippen molar-refractivity contribution in [2.24, 2.45) is 0 Å². The second kappa shape index (κ2) is 7.18. The number of amides is 1. The predicted octanol–water partition coefficient (Wildman–Crippen LogP) is 5.93. The van der Waals surface area contributed by atoms with E-state index in [1.807, 2.05) is 30.3 Å². The van der Waals surface area contributed by atoms with Crippen LogP contribution in [0.1, 0.15) is 26.4 Å². The molecule has 0 bridgehead atoms. The molecule has 0 fully saturated rings. The minimum Gasteiger partial charge on any atom is -0.321 e. The van der Waals surface area contributed by atoms with Gasteiger partial charge in [-0.2, -0.15) is 5.10 Å². The molecule has 0 saturated heterocycles. The van der Waals surface area contributed by atoms with Gasteiger partial charge in [-0.25, -0.2) is 0 Å². The summed E-state index contributed by atoms with van der Waals surface area (Å²) in [5.74, 6) is -0.0767. The van der Waals surface area contributed by atoms with Gasteiger partial charge in [0, 0.05) is 15.8 Å². The Labute approximate surface area is 172 Å². The molecule has 5 heteroatoms. The maximum atomic E-state index is 13.2. The van der Waals surface area contributed by atoms with Crippen LogP contribution in [0.3, 0.4) is 0 Å². The Bertz CT molecular complexity index is 1330. The van der Waals surface area contributed by atoms with E-state index < -0.39 is 0 Å². The topological polar surface area (TPSA) is 57.8 Å². The number of hydrogen-bond acceptors (Lipinski definition) is 3. The van der Waals surface area contributed by atoms with Gasteiger partial charge in [-0.3, -0.25) is 9.89 Å². The van der Waals surface area contributed by atoms with Crippen LogP contribution in [-0.2, 0) is 6.42 Å². The van der Waals surface area contributed by atoms with Crippen LogP contribution >= 0.6 is 11.3 Å². The summed E-state index contributed by atoms with van der Waals surface area (Å²) in [4.78, 5) is 14.0. The van der Waals surface area contributed by atoms with Gasteiger partial charge in [-0.05, 0) is 54.1 Å². The number of anilines is 1. The zero-order valence-corrected chi connectivity index (χ0v) is 16.7. The van der Waals surface area contributed by atoms with Crippen LogP contribution in [0.4, 0.5) is 5.69 Å². The van der Waals surface area contributed by atoms with E-state index in [1.165, 1.54) is 11.1 Å². The number of aromatic amines is 1.